The molecule has 1 atom stereocenters. The molecule has 0 radical (unpaired) electrons. The van der Waals surface area contributed by atoms with Crippen molar-refractivity contribution < 1.29 is 4.74 Å². The van der Waals surface area contributed by atoms with Gasteiger partial charge in [-0.15, -0.1) is 0 Å². The smallest absolute Gasteiger partial charge is 0.123 e. The van der Waals surface area contributed by atoms with Gasteiger partial charge < -0.3 is 4.74 Å². The van der Waals surface area contributed by atoms with Crippen molar-refractivity contribution in [1.82, 2.24) is 0 Å². The average molecular weight is 231 g/mol. The molecule has 1 heterocycles. The maximum Gasteiger partial charge on any atom is 0.123 e. The first-order valence-electron chi connectivity index (χ1n) is 5.91. The van der Waals surface area contributed by atoms with E-state index in [0.717, 1.165) is 18.6 Å². The molecule has 0 N–H and O–H groups in total. The molecule has 0 aliphatic carbocycles. The van der Waals surface area contributed by atoms with Gasteiger partial charge in [-0.05, 0) is 43.9 Å². The molecule has 1 unspecified atom stereocenters. The van der Waals surface area contributed by atoms with Crippen LogP contribution in [0, 0.1) is 5.92 Å². The van der Waals surface area contributed by atoms with Gasteiger partial charge in [-0.2, -0.15) is 0 Å². The molecule has 1 aliphatic heterocycles. The van der Waals surface area contributed by atoms with Gasteiger partial charge in [0.2, 0.25) is 0 Å². The van der Waals surface area contributed by atoms with Gasteiger partial charge in [-0.25, -0.2) is 0 Å². The monoisotopic (exact) mass is 231 g/mol. The third-order valence-corrected chi connectivity index (χ3v) is 3.44. The van der Waals surface area contributed by atoms with Crippen LogP contribution in [0.4, 0.5) is 0 Å². The van der Waals surface area contributed by atoms with E-state index in [-0.39, 0.29) is 5.60 Å². The van der Waals surface area contributed by atoms with Gasteiger partial charge in [0.15, 0.2) is 0 Å². The predicted molar refractivity (Wildman–Crippen MR) is 67.0 cm³/mol. The Kier molecular flexibility index (Phi) is 3.25. The first kappa shape index (κ1) is 11.8. The van der Waals surface area contributed by atoms with Gasteiger partial charge in [0, 0.05) is 17.4 Å². The number of hydrogen-bond acceptors (Lipinski definition) is 2. The molecule has 0 saturated heterocycles. The van der Waals surface area contributed by atoms with Crippen LogP contribution in [0.2, 0.25) is 0 Å². The van der Waals surface area contributed by atoms with Gasteiger partial charge in [-0.3, -0.25) is 0 Å². The minimum Gasteiger partial charge on any atom is -0.487 e. The van der Waals surface area contributed by atoms with Crippen LogP contribution in [0.25, 0.3) is 10.4 Å². The highest BCUT2D eigenvalue weighted by atomic mass is 16.5. The molecule has 0 fully saturated rings. The lowest BCUT2D eigenvalue weighted by atomic mass is 9.80. The van der Waals surface area contributed by atoms with Crippen LogP contribution in [-0.2, 0) is 6.42 Å². The predicted octanol–water partition coefficient (Wildman–Crippen LogP) is 3.72. The van der Waals surface area contributed by atoms with Crippen molar-refractivity contribution in [2.24, 2.45) is 11.0 Å². The lowest BCUT2D eigenvalue weighted by Crippen LogP contribution is -2.42. The molecular weight excluding hydrogens is 214 g/mol. The molecule has 1 aromatic carbocycles. The molecular formula is C13H17N3O. The second-order valence-electron chi connectivity index (χ2n) is 4.96. The van der Waals surface area contributed by atoms with E-state index in [1.165, 1.54) is 5.56 Å². The molecule has 1 aromatic rings. The summed E-state index contributed by atoms with van der Waals surface area (Å²) in [6.07, 6.45) is 1.86. The second-order valence-corrected chi connectivity index (χ2v) is 4.96. The highest BCUT2D eigenvalue weighted by Gasteiger charge is 2.35. The van der Waals surface area contributed by atoms with Crippen LogP contribution in [0.3, 0.4) is 0 Å². The normalized spacial score (nSPS) is 20.9. The number of hydrogen-bond donors (Lipinski definition) is 0. The van der Waals surface area contributed by atoms with Gasteiger partial charge in [0.1, 0.15) is 11.4 Å². The van der Waals surface area contributed by atoms with Crippen LogP contribution in [-0.4, -0.2) is 12.1 Å². The summed E-state index contributed by atoms with van der Waals surface area (Å²) in [5, 5.41) is 3.61. The Morgan fingerprint density at radius 2 is 2.24 bits per heavy atom. The van der Waals surface area contributed by atoms with E-state index in [1.54, 1.807) is 0 Å². The summed E-state index contributed by atoms with van der Waals surface area (Å²) in [6.45, 7) is 4.74. The molecule has 90 valence electrons. The van der Waals surface area contributed by atoms with Crippen molar-refractivity contribution in [2.45, 2.75) is 32.3 Å². The van der Waals surface area contributed by atoms with Crippen molar-refractivity contribution in [2.75, 3.05) is 6.54 Å². The lowest BCUT2D eigenvalue weighted by molar-refractivity contribution is 0.0240. The molecule has 0 bridgehead atoms. The molecule has 2 rings (SSSR count). The highest BCUT2D eigenvalue weighted by molar-refractivity contribution is 5.36. The maximum atomic E-state index is 8.31. The summed E-state index contributed by atoms with van der Waals surface area (Å²) in [4.78, 5) is 2.80. The second kappa shape index (κ2) is 4.68. The van der Waals surface area contributed by atoms with Crippen molar-refractivity contribution in [3.05, 3.63) is 40.3 Å². The van der Waals surface area contributed by atoms with E-state index in [9.17, 15) is 0 Å². The summed E-state index contributed by atoms with van der Waals surface area (Å²) in [7, 11) is 0. The zero-order valence-electron chi connectivity index (χ0n) is 10.3. The van der Waals surface area contributed by atoms with Crippen molar-refractivity contribution in [3.8, 4) is 5.75 Å². The Morgan fingerprint density at radius 1 is 1.47 bits per heavy atom. The molecule has 0 spiro atoms. The fraction of sp³-hybridized carbons (Fsp3) is 0.538. The first-order chi connectivity index (χ1) is 8.13. The van der Waals surface area contributed by atoms with Gasteiger partial charge in [0.05, 0.1) is 0 Å². The zero-order valence-corrected chi connectivity index (χ0v) is 10.3. The Morgan fingerprint density at radius 3 is 3.00 bits per heavy atom. The Labute approximate surface area is 101 Å². The quantitative estimate of drug-likeness (QED) is 0.444. The molecule has 1 aliphatic rings. The third-order valence-electron chi connectivity index (χ3n) is 3.44. The van der Waals surface area contributed by atoms with Gasteiger partial charge in [0.25, 0.3) is 0 Å². The molecule has 4 heteroatoms. The molecule has 0 aromatic heterocycles. The van der Waals surface area contributed by atoms with E-state index in [0.29, 0.717) is 12.5 Å². The van der Waals surface area contributed by atoms with Crippen LogP contribution < -0.4 is 4.74 Å². The first-order valence-corrected chi connectivity index (χ1v) is 5.91. The minimum atomic E-state index is -0.195. The van der Waals surface area contributed by atoms with E-state index in [4.69, 9.17) is 10.3 Å². The SMILES string of the molecule is CC1(C)Oc2ccccc2CC1CCN=[N+]=[N-]. The van der Waals surface area contributed by atoms with Gasteiger partial charge >= 0.3 is 0 Å². The number of rotatable bonds is 3. The summed E-state index contributed by atoms with van der Waals surface area (Å²) in [6, 6.07) is 8.14. The third kappa shape index (κ3) is 2.53. The van der Waals surface area contributed by atoms with E-state index in [2.05, 4.69) is 29.9 Å². The standard InChI is InChI=1S/C13H17N3O/c1-13(2)11(7-8-15-16-14)9-10-5-3-4-6-12(10)17-13/h3-6,11H,7-9H2,1-2H3. The topological polar surface area (TPSA) is 58.0 Å². The Hall–Kier alpha value is -1.67. The number of nitrogens with zero attached hydrogens (tertiary/aromatic N) is 3. The Balaban J connectivity index is 2.16. The lowest BCUT2D eigenvalue weighted by Gasteiger charge is -2.40. The molecule has 0 amide bonds. The van der Waals surface area contributed by atoms with Crippen molar-refractivity contribution in [3.63, 3.8) is 0 Å². The molecule has 17 heavy (non-hydrogen) atoms. The molecule has 4 nitrogen and oxygen atoms in total. The largest absolute Gasteiger partial charge is 0.487 e. The number of fused-ring (bicyclic) bond motifs is 1. The van der Waals surface area contributed by atoms with Crippen molar-refractivity contribution >= 4 is 0 Å². The highest BCUT2D eigenvalue weighted by Crippen LogP contribution is 2.38. The zero-order chi connectivity index (χ0) is 12.3. The fourth-order valence-electron chi connectivity index (χ4n) is 2.36. The van der Waals surface area contributed by atoms with Crippen LogP contribution in [0.15, 0.2) is 29.4 Å². The number of ether oxygens (including phenoxy) is 1. The van der Waals surface area contributed by atoms with Crippen LogP contribution in [0.5, 0.6) is 5.75 Å². The number of para-hydroxylation sites is 1. The van der Waals surface area contributed by atoms with E-state index >= 15 is 0 Å². The summed E-state index contributed by atoms with van der Waals surface area (Å²) >= 11 is 0. The maximum absolute atomic E-state index is 8.31. The van der Waals surface area contributed by atoms with E-state index in [1.807, 2.05) is 18.2 Å². The van der Waals surface area contributed by atoms with Crippen molar-refractivity contribution in [1.29, 1.82) is 0 Å². The minimum absolute atomic E-state index is 0.195. The fourth-order valence-corrected chi connectivity index (χ4v) is 2.36. The number of benzene rings is 1. The Bertz CT molecular complexity index is 450. The van der Waals surface area contributed by atoms with Gasteiger partial charge in [-0.1, -0.05) is 23.3 Å². The van der Waals surface area contributed by atoms with E-state index < -0.39 is 0 Å². The number of azide groups is 1. The average Bonchev–Trinajstić information content (AvgIpc) is 2.29. The summed E-state index contributed by atoms with van der Waals surface area (Å²) in [5.74, 6) is 1.38. The summed E-state index contributed by atoms with van der Waals surface area (Å²) in [5.41, 5.74) is 9.36. The molecule has 0 saturated carbocycles. The van der Waals surface area contributed by atoms with Crippen LogP contribution in [0.1, 0.15) is 25.8 Å². The summed E-state index contributed by atoms with van der Waals surface area (Å²) < 4.78 is 6.03. The van der Waals surface area contributed by atoms with Crippen LogP contribution >= 0.6 is 0 Å².